The predicted molar refractivity (Wildman–Crippen MR) is 153 cm³/mol. The Balaban J connectivity index is 1.18. The minimum atomic E-state index is -1.17. The van der Waals surface area contributed by atoms with Gasteiger partial charge in [0.2, 0.25) is 0 Å². The average Bonchev–Trinajstić information content (AvgIpc) is 3.47. The summed E-state index contributed by atoms with van der Waals surface area (Å²) in [6.07, 6.45) is 9.16. The van der Waals surface area contributed by atoms with E-state index in [9.17, 15) is 19.5 Å². The lowest BCUT2D eigenvalue weighted by molar-refractivity contribution is -0.200. The van der Waals surface area contributed by atoms with Gasteiger partial charge in [0.1, 0.15) is 12.6 Å². The second-order valence-electron chi connectivity index (χ2n) is 16.2. The summed E-state index contributed by atoms with van der Waals surface area (Å²) in [6.45, 7) is 11.4. The number of carbonyl (C=O) groups is 3. The molecule has 236 valence electrons. The van der Waals surface area contributed by atoms with Crippen molar-refractivity contribution in [2.75, 3.05) is 6.54 Å². The van der Waals surface area contributed by atoms with Crippen LogP contribution in [0.2, 0.25) is 0 Å². The summed E-state index contributed by atoms with van der Waals surface area (Å²) in [5.74, 6) is 0.789. The number of hydrogen-bond donors (Lipinski definition) is 3. The Morgan fingerprint density at radius 2 is 1.69 bits per heavy atom. The number of esters is 1. The largest absolute Gasteiger partial charge is 0.480 e. The maximum atomic E-state index is 12.4. The molecule has 3 N–H and O–H groups in total. The number of hydrogen-bond acceptors (Lipinski definition) is 7. The summed E-state index contributed by atoms with van der Waals surface area (Å²) < 4.78 is 18.2. The molecular formula is C33H51NO8. The Kier molecular flexibility index (Phi) is 7.05. The van der Waals surface area contributed by atoms with Gasteiger partial charge in [-0.2, -0.15) is 0 Å². The molecule has 7 unspecified atom stereocenters. The first kappa shape index (κ1) is 30.2. The van der Waals surface area contributed by atoms with Gasteiger partial charge in [-0.25, -0.2) is 4.79 Å². The van der Waals surface area contributed by atoms with Crippen molar-refractivity contribution in [3.05, 3.63) is 0 Å². The van der Waals surface area contributed by atoms with Gasteiger partial charge in [-0.3, -0.25) is 9.59 Å². The first-order valence-corrected chi connectivity index (χ1v) is 16.3. The van der Waals surface area contributed by atoms with E-state index in [0.29, 0.717) is 34.5 Å². The van der Waals surface area contributed by atoms with Gasteiger partial charge in [0, 0.05) is 12.3 Å². The molecule has 0 aromatic rings. The minimum absolute atomic E-state index is 0.131. The van der Waals surface area contributed by atoms with Crippen molar-refractivity contribution in [3.63, 3.8) is 0 Å². The van der Waals surface area contributed by atoms with E-state index in [-0.39, 0.29) is 35.1 Å². The van der Waals surface area contributed by atoms with Gasteiger partial charge in [0.05, 0.1) is 17.8 Å². The topological polar surface area (TPSA) is 131 Å². The second-order valence-corrected chi connectivity index (χ2v) is 16.2. The van der Waals surface area contributed by atoms with Crippen LogP contribution in [0.15, 0.2) is 0 Å². The molecule has 1 aliphatic heterocycles. The van der Waals surface area contributed by atoms with Crippen LogP contribution >= 0.6 is 0 Å². The molecule has 6 fully saturated rings. The van der Waals surface area contributed by atoms with Crippen LogP contribution < -0.4 is 5.32 Å². The molecule has 6 rings (SSSR count). The van der Waals surface area contributed by atoms with E-state index in [2.05, 4.69) is 26.1 Å². The predicted octanol–water partition coefficient (Wildman–Crippen LogP) is 5.07. The van der Waals surface area contributed by atoms with Crippen LogP contribution in [0.1, 0.15) is 106 Å². The van der Waals surface area contributed by atoms with Gasteiger partial charge >= 0.3 is 18.0 Å². The fourth-order valence-corrected chi connectivity index (χ4v) is 11.9. The van der Waals surface area contributed by atoms with Crippen LogP contribution in [0.25, 0.3) is 0 Å². The highest BCUT2D eigenvalue weighted by atomic mass is 16.6. The van der Waals surface area contributed by atoms with Crippen molar-refractivity contribution in [2.45, 2.75) is 136 Å². The smallest absolute Gasteiger partial charge is 0.407 e. The number of aliphatic hydroxyl groups is 1. The van der Waals surface area contributed by atoms with Crippen molar-refractivity contribution in [1.82, 2.24) is 5.32 Å². The summed E-state index contributed by atoms with van der Waals surface area (Å²) in [6, 6.07) is 0. The Morgan fingerprint density at radius 3 is 2.36 bits per heavy atom. The molecule has 11 atom stereocenters. The molecule has 9 nitrogen and oxygen atoms in total. The highest BCUT2D eigenvalue weighted by molar-refractivity contribution is 5.76. The highest BCUT2D eigenvalue weighted by Crippen LogP contribution is 2.87. The van der Waals surface area contributed by atoms with Crippen molar-refractivity contribution < 1.29 is 38.8 Å². The van der Waals surface area contributed by atoms with E-state index in [1.807, 2.05) is 0 Å². The summed E-state index contributed by atoms with van der Waals surface area (Å²) in [7, 11) is 0. The van der Waals surface area contributed by atoms with E-state index >= 15 is 0 Å². The van der Waals surface area contributed by atoms with E-state index in [1.165, 1.54) is 32.6 Å². The molecule has 2 spiro atoms. The van der Waals surface area contributed by atoms with Gasteiger partial charge in [0.25, 0.3) is 0 Å². The number of carboxylic acid groups (broad SMARTS) is 1. The zero-order chi connectivity index (χ0) is 30.5. The van der Waals surface area contributed by atoms with Gasteiger partial charge < -0.3 is 29.7 Å². The van der Waals surface area contributed by atoms with Gasteiger partial charge in [-0.1, -0.05) is 20.8 Å². The molecule has 9 heteroatoms. The lowest BCUT2D eigenvalue weighted by Crippen LogP contribution is -2.55. The third kappa shape index (κ3) is 4.41. The number of rotatable bonds is 6. The number of alkyl carbamates (subject to hydrolysis) is 1. The summed E-state index contributed by atoms with van der Waals surface area (Å²) in [5, 5.41) is 22.1. The molecule has 0 aromatic heterocycles. The van der Waals surface area contributed by atoms with Crippen LogP contribution in [-0.2, 0) is 23.8 Å². The number of carbonyl (C=O) groups excluding carboxylic acids is 2. The Bertz CT molecular complexity index is 1130. The molecule has 6 aliphatic rings. The van der Waals surface area contributed by atoms with Crippen molar-refractivity contribution >= 4 is 18.0 Å². The number of nitrogens with one attached hydrogen (secondary N) is 1. The van der Waals surface area contributed by atoms with Gasteiger partial charge in [0.15, 0.2) is 6.10 Å². The zero-order valence-corrected chi connectivity index (χ0v) is 26.2. The lowest BCUT2D eigenvalue weighted by atomic mass is 9.46. The van der Waals surface area contributed by atoms with E-state index in [0.717, 1.165) is 38.5 Å². The van der Waals surface area contributed by atoms with E-state index in [1.54, 1.807) is 13.8 Å². The monoisotopic (exact) mass is 589 g/mol. The minimum Gasteiger partial charge on any atom is -0.480 e. The lowest BCUT2D eigenvalue weighted by Gasteiger charge is -2.59. The van der Waals surface area contributed by atoms with Gasteiger partial charge in [-0.15, -0.1) is 0 Å². The third-order valence-electron chi connectivity index (χ3n) is 13.5. The molecule has 1 amide bonds. The molecule has 5 saturated carbocycles. The molecular weight excluding hydrogens is 538 g/mol. The number of aliphatic carboxylic acids is 1. The fourth-order valence-electron chi connectivity index (χ4n) is 11.9. The number of carboxylic acids is 1. The van der Waals surface area contributed by atoms with Crippen molar-refractivity contribution in [1.29, 1.82) is 0 Å². The summed E-state index contributed by atoms with van der Waals surface area (Å²) in [4.78, 5) is 35.2. The van der Waals surface area contributed by atoms with Gasteiger partial charge in [-0.05, 0) is 118 Å². The second kappa shape index (κ2) is 9.82. The van der Waals surface area contributed by atoms with Crippen LogP contribution in [0, 0.1) is 45.3 Å². The zero-order valence-electron chi connectivity index (χ0n) is 26.2. The average molecular weight is 590 g/mol. The SMILES string of the molecule is CC(=O)O[C@@H](C1CCC2C(CC3C4CCC5C(C)(C)[C@@H](OC(=O)NCC(=O)O)CC[C@@]56C[C@@]46CCC23C)O1)C(C)(C)O. The van der Waals surface area contributed by atoms with Crippen LogP contribution in [0.5, 0.6) is 0 Å². The maximum Gasteiger partial charge on any atom is 0.407 e. The first-order valence-electron chi connectivity index (χ1n) is 16.3. The van der Waals surface area contributed by atoms with E-state index in [4.69, 9.17) is 19.3 Å². The molecule has 0 aromatic carbocycles. The van der Waals surface area contributed by atoms with E-state index < -0.39 is 30.3 Å². The third-order valence-corrected chi connectivity index (χ3v) is 13.5. The normalized spacial score (nSPS) is 45.5. The summed E-state index contributed by atoms with van der Waals surface area (Å²) >= 11 is 0. The molecule has 0 radical (unpaired) electrons. The van der Waals surface area contributed by atoms with Crippen molar-refractivity contribution in [3.8, 4) is 0 Å². The maximum absolute atomic E-state index is 12.4. The van der Waals surface area contributed by atoms with Crippen LogP contribution in [0.3, 0.4) is 0 Å². The summed E-state index contributed by atoms with van der Waals surface area (Å²) in [5.41, 5.74) is -0.443. The standard InChI is InChI=1S/C33H51NO8/c1-18(35)40-27(30(4,5)39)22-9-7-20-23(41-22)15-21-19-8-10-24-29(2,3)25(42-28(38)34-16-26(36)37)11-12-33(24)17-32(19,33)14-13-31(20,21)6/h19-25,27,39H,7-17H2,1-6H3,(H,34,38)(H,36,37)/t19?,20?,21?,22?,23?,24?,25-,27-,31?,32-,33+/m0/s1. The molecule has 5 aliphatic carbocycles. The molecule has 0 bridgehead atoms. The van der Waals surface area contributed by atoms with Crippen molar-refractivity contribution in [2.24, 2.45) is 45.3 Å². The number of ether oxygens (including phenoxy) is 3. The molecule has 1 heterocycles. The van der Waals surface area contributed by atoms with Crippen LogP contribution in [0.4, 0.5) is 4.79 Å². The van der Waals surface area contributed by atoms with Crippen LogP contribution in [-0.4, -0.2) is 64.8 Å². The fraction of sp³-hybridized carbons (Fsp3) is 0.909. The quantitative estimate of drug-likeness (QED) is 0.366. The Morgan fingerprint density at radius 1 is 0.976 bits per heavy atom. The highest BCUT2D eigenvalue weighted by Gasteiger charge is 2.81. The number of amides is 1. The first-order chi connectivity index (χ1) is 19.5. The molecule has 42 heavy (non-hydrogen) atoms. The number of fused-ring (bicyclic) bond motifs is 4. The molecule has 1 saturated heterocycles. The Hall–Kier alpha value is -1.87. The Labute approximate surface area is 249 Å².